The van der Waals surface area contributed by atoms with Crippen molar-refractivity contribution in [1.82, 2.24) is 0 Å². The van der Waals surface area contributed by atoms with Crippen LogP contribution in [0.4, 0.5) is 0 Å². The normalized spacial score (nSPS) is 15.9. The van der Waals surface area contributed by atoms with Gasteiger partial charge in [0.1, 0.15) is 0 Å². The van der Waals surface area contributed by atoms with Crippen molar-refractivity contribution in [2.75, 3.05) is 34.7 Å². The number of nitrogens with one attached hydrogen (secondary N) is 1. The molecule has 1 rings (SSSR count). The summed E-state index contributed by atoms with van der Waals surface area (Å²) in [6.45, 7) is 2.69. The van der Waals surface area contributed by atoms with Gasteiger partial charge in [-0.2, -0.15) is 34.7 Å². The van der Waals surface area contributed by atoms with Crippen LogP contribution >= 0.6 is 0 Å². The van der Waals surface area contributed by atoms with Crippen molar-refractivity contribution in [2.45, 2.75) is 19.8 Å². The van der Waals surface area contributed by atoms with Crippen LogP contribution in [0.25, 0.3) is 16.4 Å². The summed E-state index contributed by atoms with van der Waals surface area (Å²) in [7, 11) is 7.00. The van der Waals surface area contributed by atoms with E-state index >= 15 is 0 Å². The van der Waals surface area contributed by atoms with E-state index in [2.05, 4.69) is 35.8 Å². The molecule has 0 fully saturated rings. The van der Waals surface area contributed by atoms with Crippen LogP contribution in [0.15, 0.2) is 23.8 Å². The summed E-state index contributed by atoms with van der Waals surface area (Å²) in [5.41, 5.74) is 8.34. The molecule has 0 aromatic rings. The van der Waals surface area contributed by atoms with Crippen LogP contribution < -0.4 is 0 Å². The van der Waals surface area contributed by atoms with E-state index in [4.69, 9.17) is 5.73 Å². The molecule has 0 heterocycles. The Morgan fingerprint density at radius 3 is 1.94 bits per heavy atom. The minimum atomic E-state index is 0. The Morgan fingerprint density at radius 2 is 1.65 bits per heavy atom. The second-order valence-corrected chi connectivity index (χ2v) is 3.72. The Labute approximate surface area is 122 Å². The van der Waals surface area contributed by atoms with Crippen LogP contribution in [-0.2, 0) is 21.7 Å². The van der Waals surface area contributed by atoms with Gasteiger partial charge >= 0.3 is 21.7 Å². The Morgan fingerprint density at radius 1 is 1.18 bits per heavy atom. The van der Waals surface area contributed by atoms with Crippen LogP contribution in [0.1, 0.15) is 19.8 Å². The molecule has 0 saturated heterocycles. The molecule has 4 heteroatoms. The van der Waals surface area contributed by atoms with E-state index in [1.165, 1.54) is 5.57 Å². The molecule has 3 nitrogen and oxygen atoms in total. The Balaban J connectivity index is -0.000000240. The molecule has 0 aromatic heterocycles. The van der Waals surface area contributed by atoms with Crippen molar-refractivity contribution in [3.63, 3.8) is 0 Å². The van der Waals surface area contributed by atoms with Crippen molar-refractivity contribution in [3.05, 3.63) is 40.2 Å². The van der Waals surface area contributed by atoms with Crippen LogP contribution in [-0.4, -0.2) is 34.7 Å². The van der Waals surface area contributed by atoms with Gasteiger partial charge < -0.3 is 16.4 Å². The Kier molecular flexibility index (Phi) is 24.2. The first-order valence-corrected chi connectivity index (χ1v) is 5.63. The van der Waals surface area contributed by atoms with Gasteiger partial charge in [0, 0.05) is 0 Å². The third-order valence-electron chi connectivity index (χ3n) is 1.80. The first-order chi connectivity index (χ1) is 7.65. The maximum absolute atomic E-state index is 6.97. The molecule has 0 aromatic carbocycles. The second kappa shape index (κ2) is 18.4. The topological polar surface area (TPSA) is 52.0 Å². The van der Waals surface area contributed by atoms with Crippen LogP contribution in [0.3, 0.4) is 0 Å². The fourth-order valence-electron chi connectivity index (χ4n) is 1.24. The Hall–Kier alpha value is 0.0743. The number of nitrogens with zero attached hydrogens (tertiary/aromatic N) is 2. The minimum absolute atomic E-state index is 0. The van der Waals surface area contributed by atoms with Crippen molar-refractivity contribution in [2.24, 2.45) is 5.92 Å². The van der Waals surface area contributed by atoms with Gasteiger partial charge in [0.15, 0.2) is 0 Å². The molecule has 1 aliphatic rings. The molecule has 0 amide bonds. The largest absolute Gasteiger partial charge is 3.00 e. The summed E-state index contributed by atoms with van der Waals surface area (Å²) in [5.74, 6) is 0.630. The molecule has 1 N–H and O–H groups in total. The van der Waals surface area contributed by atoms with E-state index in [1.54, 1.807) is 28.2 Å². The zero-order chi connectivity index (χ0) is 12.8. The Bertz CT molecular complexity index is 189. The first kappa shape index (κ1) is 22.3. The van der Waals surface area contributed by atoms with Crippen molar-refractivity contribution in [1.29, 1.82) is 0 Å². The summed E-state index contributed by atoms with van der Waals surface area (Å²) < 4.78 is 0. The van der Waals surface area contributed by atoms with Gasteiger partial charge in [-0.1, -0.05) is 30.2 Å². The van der Waals surface area contributed by atoms with Gasteiger partial charge in [0.2, 0.25) is 0 Å². The third kappa shape index (κ3) is 18.6. The average Bonchev–Trinajstić information content (AvgIpc) is 2.64. The smallest absolute Gasteiger partial charge is 0.677 e. The molecule has 1 aliphatic carbocycles. The average molecular weight is 272 g/mol. The first-order valence-electron chi connectivity index (χ1n) is 5.63. The van der Waals surface area contributed by atoms with E-state index in [9.17, 15) is 0 Å². The van der Waals surface area contributed by atoms with Crippen molar-refractivity contribution >= 4 is 0 Å². The fraction of sp³-hybridized carbons (Fsp3) is 0.692. The molecule has 1 unspecified atom stereocenters. The van der Waals surface area contributed by atoms with E-state index in [-0.39, 0.29) is 21.7 Å². The van der Waals surface area contributed by atoms with Gasteiger partial charge in [-0.05, 0) is 19.3 Å². The predicted molar refractivity (Wildman–Crippen MR) is 75.2 cm³/mol. The summed E-state index contributed by atoms with van der Waals surface area (Å²) in [5, 5.41) is 7.00. The van der Waals surface area contributed by atoms with E-state index < -0.39 is 0 Å². The molecular formula is C13H26N3Ti. The van der Waals surface area contributed by atoms with Crippen LogP contribution in [0, 0.1) is 5.92 Å². The summed E-state index contributed by atoms with van der Waals surface area (Å²) >= 11 is 0. The van der Waals surface area contributed by atoms with Gasteiger partial charge in [-0.3, -0.25) is 0 Å². The van der Waals surface area contributed by atoms with Crippen LogP contribution in [0.2, 0.25) is 0 Å². The molecule has 1 atom stereocenters. The summed E-state index contributed by atoms with van der Waals surface area (Å²) in [6, 6.07) is 0. The molecule has 0 spiro atoms. The zero-order valence-electron chi connectivity index (χ0n) is 11.8. The predicted octanol–water partition coefficient (Wildman–Crippen LogP) is 4.19. The summed E-state index contributed by atoms with van der Waals surface area (Å²) in [4.78, 5) is 0. The molecule has 0 aliphatic heterocycles. The molecule has 1 radical (unpaired) electrons. The van der Waals surface area contributed by atoms with E-state index in [0.717, 1.165) is 12.8 Å². The number of hydrogen-bond acceptors (Lipinski definition) is 0. The molecule has 0 saturated carbocycles. The van der Waals surface area contributed by atoms with Crippen molar-refractivity contribution in [3.8, 4) is 0 Å². The van der Waals surface area contributed by atoms with Crippen molar-refractivity contribution < 1.29 is 21.7 Å². The van der Waals surface area contributed by atoms with Gasteiger partial charge in [0.05, 0.1) is 0 Å². The standard InChI is InChI=1S/C9H14N.2C2H6N.Ti/c1-8-4-5-9(7-8)3-2-6-10;2*1-3-2;/h4-5,7,9-10H,2-3,6H2,1H3;2*1-2H3;/q3*-1;+3. The van der Waals surface area contributed by atoms with Gasteiger partial charge in [-0.15, -0.1) is 0 Å². The third-order valence-corrected chi connectivity index (χ3v) is 1.80. The zero-order valence-corrected chi connectivity index (χ0v) is 13.4. The van der Waals surface area contributed by atoms with E-state index in [1.807, 2.05) is 0 Å². The molecule has 0 bridgehead atoms. The fourth-order valence-corrected chi connectivity index (χ4v) is 1.24. The summed E-state index contributed by atoms with van der Waals surface area (Å²) in [6.07, 6.45) is 8.84. The SMILES string of the molecule is CC1=CC(CCC[NH-])C=C1.C[N-]C.C[N-]C.[Ti+3]. The molecule has 17 heavy (non-hydrogen) atoms. The monoisotopic (exact) mass is 272 g/mol. The van der Waals surface area contributed by atoms with Gasteiger partial charge in [0.25, 0.3) is 0 Å². The van der Waals surface area contributed by atoms with E-state index in [0.29, 0.717) is 12.5 Å². The maximum atomic E-state index is 6.97. The number of rotatable bonds is 3. The molecular weight excluding hydrogens is 246 g/mol. The number of hydrogen-bond donors (Lipinski definition) is 0. The van der Waals surface area contributed by atoms with Gasteiger partial charge in [-0.25, -0.2) is 0 Å². The quantitative estimate of drug-likeness (QED) is 0.692. The minimum Gasteiger partial charge on any atom is -0.677 e. The second-order valence-electron chi connectivity index (χ2n) is 3.72. The molecule has 97 valence electrons. The number of allylic oxidation sites excluding steroid dienone is 4. The maximum Gasteiger partial charge on any atom is 3.00 e. The van der Waals surface area contributed by atoms with Crippen LogP contribution in [0.5, 0.6) is 0 Å².